The molecule has 164 valence electrons. The van der Waals surface area contributed by atoms with Crippen LogP contribution in [0.25, 0.3) is 0 Å². The van der Waals surface area contributed by atoms with Crippen LogP contribution in [-0.2, 0) is 13.0 Å². The van der Waals surface area contributed by atoms with E-state index in [1.54, 1.807) is 0 Å². The number of hydrogen-bond acceptors (Lipinski definition) is 0. The Bertz CT molecular complexity index is 435. The summed E-state index contributed by atoms with van der Waals surface area (Å²) < 4.78 is 2.46. The molecule has 0 aromatic carbocycles. The van der Waals surface area contributed by atoms with Gasteiger partial charge in [-0.05, 0) is 25.2 Å². The molecule has 0 atom stereocenters. The minimum atomic E-state index is 0.885. The highest BCUT2D eigenvalue weighted by molar-refractivity contribution is 4.77. The second-order valence-electron chi connectivity index (χ2n) is 9.34. The first-order valence-electron chi connectivity index (χ1n) is 12.8. The molecule has 1 rings (SSSR count). The van der Waals surface area contributed by atoms with Crippen molar-refractivity contribution in [3.8, 4) is 0 Å². The lowest BCUT2D eigenvalue weighted by Gasteiger charge is -2.05. The number of H-pyrrole nitrogens is 1. The van der Waals surface area contributed by atoms with Gasteiger partial charge in [0, 0.05) is 6.42 Å². The summed E-state index contributed by atoms with van der Waals surface area (Å²) in [5, 5.41) is 0. The van der Waals surface area contributed by atoms with Crippen molar-refractivity contribution in [3.63, 3.8) is 0 Å². The number of hydrogen-bond donors (Lipinski definition) is 1. The van der Waals surface area contributed by atoms with Crippen LogP contribution in [0.15, 0.2) is 12.4 Å². The van der Waals surface area contributed by atoms with Crippen molar-refractivity contribution in [2.24, 2.45) is 5.92 Å². The number of rotatable bonds is 20. The van der Waals surface area contributed by atoms with Crippen molar-refractivity contribution < 1.29 is 4.57 Å². The standard InChI is InChI=1S/C26H50N2/c1-4-5-6-7-16-19-23-28-24-22-27-26(28)21-18-15-13-11-9-8-10-12-14-17-20-25(2)3/h22,24-25H,4-21,23H2,1-3H3/p+1. The van der Waals surface area contributed by atoms with E-state index in [1.165, 1.54) is 128 Å². The van der Waals surface area contributed by atoms with Crippen molar-refractivity contribution >= 4 is 0 Å². The highest BCUT2D eigenvalue weighted by Crippen LogP contribution is 2.14. The van der Waals surface area contributed by atoms with Crippen molar-refractivity contribution in [3.05, 3.63) is 18.2 Å². The molecule has 0 unspecified atom stereocenters. The van der Waals surface area contributed by atoms with Gasteiger partial charge in [0.1, 0.15) is 12.4 Å². The highest BCUT2D eigenvalue weighted by atomic mass is 15.1. The Morgan fingerprint density at radius 3 is 1.86 bits per heavy atom. The molecule has 1 aromatic heterocycles. The van der Waals surface area contributed by atoms with Gasteiger partial charge in [-0.3, -0.25) is 0 Å². The van der Waals surface area contributed by atoms with Crippen LogP contribution in [0, 0.1) is 5.92 Å². The van der Waals surface area contributed by atoms with Gasteiger partial charge >= 0.3 is 0 Å². The number of imidazole rings is 1. The van der Waals surface area contributed by atoms with E-state index in [4.69, 9.17) is 0 Å². The predicted octanol–water partition coefficient (Wildman–Crippen LogP) is 8.15. The van der Waals surface area contributed by atoms with Crippen molar-refractivity contribution in [1.82, 2.24) is 4.98 Å². The summed E-state index contributed by atoms with van der Waals surface area (Å²) in [7, 11) is 0. The maximum atomic E-state index is 3.47. The zero-order chi connectivity index (χ0) is 20.3. The first-order valence-corrected chi connectivity index (χ1v) is 12.8. The van der Waals surface area contributed by atoms with Crippen molar-refractivity contribution in [2.75, 3.05) is 0 Å². The normalized spacial score (nSPS) is 11.6. The summed E-state index contributed by atoms with van der Waals surface area (Å²) in [6, 6.07) is 0. The maximum Gasteiger partial charge on any atom is 0.254 e. The van der Waals surface area contributed by atoms with E-state index in [0.29, 0.717) is 0 Å². The van der Waals surface area contributed by atoms with Crippen molar-refractivity contribution in [1.29, 1.82) is 0 Å². The lowest BCUT2D eigenvalue weighted by Crippen LogP contribution is -2.36. The van der Waals surface area contributed by atoms with Crippen LogP contribution in [0.1, 0.15) is 136 Å². The van der Waals surface area contributed by atoms with Gasteiger partial charge in [0.25, 0.3) is 5.82 Å². The van der Waals surface area contributed by atoms with E-state index in [2.05, 4.69) is 42.7 Å². The lowest BCUT2D eigenvalue weighted by atomic mass is 10.0. The van der Waals surface area contributed by atoms with Gasteiger partial charge in [0.15, 0.2) is 0 Å². The number of aryl methyl sites for hydroxylation is 2. The van der Waals surface area contributed by atoms with Gasteiger partial charge in [-0.1, -0.05) is 111 Å². The molecule has 2 nitrogen and oxygen atoms in total. The molecule has 0 fully saturated rings. The van der Waals surface area contributed by atoms with Crippen LogP contribution in [0.4, 0.5) is 0 Å². The number of nitrogens with one attached hydrogen (secondary N) is 1. The third-order valence-electron chi connectivity index (χ3n) is 6.05. The largest absolute Gasteiger partial charge is 0.254 e. The van der Waals surface area contributed by atoms with E-state index in [0.717, 1.165) is 5.92 Å². The summed E-state index contributed by atoms with van der Waals surface area (Å²) in [6.07, 6.45) is 29.6. The van der Waals surface area contributed by atoms with E-state index >= 15 is 0 Å². The quantitative estimate of drug-likeness (QED) is 0.171. The zero-order valence-corrected chi connectivity index (χ0v) is 19.6. The zero-order valence-electron chi connectivity index (χ0n) is 19.6. The average molecular weight is 392 g/mol. The molecule has 0 saturated carbocycles. The molecule has 1 N–H and O–H groups in total. The van der Waals surface area contributed by atoms with Crippen molar-refractivity contribution in [2.45, 2.75) is 143 Å². The monoisotopic (exact) mass is 391 g/mol. The molecule has 0 spiro atoms. The number of unbranched alkanes of at least 4 members (excludes halogenated alkanes) is 14. The topological polar surface area (TPSA) is 19.7 Å². The number of aromatic amines is 1. The molecule has 2 heteroatoms. The van der Waals surface area contributed by atoms with Gasteiger partial charge in [-0.2, -0.15) is 0 Å². The molecular weight excluding hydrogens is 340 g/mol. The molecule has 0 radical (unpaired) electrons. The van der Waals surface area contributed by atoms with E-state index < -0.39 is 0 Å². The summed E-state index contributed by atoms with van der Waals surface area (Å²) >= 11 is 0. The highest BCUT2D eigenvalue weighted by Gasteiger charge is 2.09. The summed E-state index contributed by atoms with van der Waals surface area (Å²) in [5.74, 6) is 2.32. The van der Waals surface area contributed by atoms with Gasteiger partial charge in [0.2, 0.25) is 0 Å². The lowest BCUT2D eigenvalue weighted by molar-refractivity contribution is -0.703. The van der Waals surface area contributed by atoms with Crippen LogP contribution >= 0.6 is 0 Å². The van der Waals surface area contributed by atoms with E-state index in [-0.39, 0.29) is 0 Å². The van der Waals surface area contributed by atoms with Gasteiger partial charge in [0.05, 0.1) is 6.54 Å². The summed E-state index contributed by atoms with van der Waals surface area (Å²) in [6.45, 7) is 8.16. The molecule has 1 heterocycles. The first-order chi connectivity index (χ1) is 13.7. The van der Waals surface area contributed by atoms with E-state index in [1.807, 2.05) is 0 Å². The minimum Gasteiger partial charge on any atom is -0.248 e. The molecular formula is C26H51N2+. The molecule has 0 saturated heterocycles. The minimum absolute atomic E-state index is 0.885. The first kappa shape index (κ1) is 25.2. The second-order valence-corrected chi connectivity index (χ2v) is 9.34. The fraction of sp³-hybridized carbons (Fsp3) is 0.885. The third-order valence-corrected chi connectivity index (χ3v) is 6.05. The summed E-state index contributed by atoms with van der Waals surface area (Å²) in [4.78, 5) is 3.47. The molecule has 0 aliphatic heterocycles. The van der Waals surface area contributed by atoms with Gasteiger partial charge in [-0.25, -0.2) is 9.55 Å². The molecule has 0 bridgehead atoms. The van der Waals surface area contributed by atoms with Crippen LogP contribution in [0.2, 0.25) is 0 Å². The molecule has 0 aliphatic rings. The number of nitrogens with zero attached hydrogens (tertiary/aromatic N) is 1. The summed E-state index contributed by atoms with van der Waals surface area (Å²) in [5.41, 5.74) is 0. The maximum absolute atomic E-state index is 3.47. The molecule has 0 aliphatic carbocycles. The third kappa shape index (κ3) is 14.2. The molecule has 28 heavy (non-hydrogen) atoms. The Hall–Kier alpha value is -0.790. The van der Waals surface area contributed by atoms with Gasteiger partial charge in [-0.15, -0.1) is 0 Å². The SMILES string of the molecule is CCCCCCCC[n+]1cc[nH]c1CCCCCCCCCCCCC(C)C. The van der Waals surface area contributed by atoms with Gasteiger partial charge < -0.3 is 0 Å². The van der Waals surface area contributed by atoms with Crippen LogP contribution in [0.3, 0.4) is 0 Å². The smallest absolute Gasteiger partial charge is 0.248 e. The predicted molar refractivity (Wildman–Crippen MR) is 124 cm³/mol. The molecule has 1 aromatic rings. The Morgan fingerprint density at radius 1 is 0.714 bits per heavy atom. The second kappa shape index (κ2) is 18.3. The van der Waals surface area contributed by atoms with Crippen LogP contribution in [-0.4, -0.2) is 4.98 Å². The Labute approximate surface area is 176 Å². The average Bonchev–Trinajstić information content (AvgIpc) is 3.12. The van der Waals surface area contributed by atoms with E-state index in [9.17, 15) is 0 Å². The Kier molecular flexibility index (Phi) is 16.5. The Morgan fingerprint density at radius 2 is 1.25 bits per heavy atom. The Balaban J connectivity index is 1.92. The number of aromatic nitrogens is 2. The van der Waals surface area contributed by atoms with Crippen LogP contribution < -0.4 is 4.57 Å². The molecule has 0 amide bonds. The van der Waals surface area contributed by atoms with Crippen LogP contribution in [0.5, 0.6) is 0 Å². The fourth-order valence-electron chi connectivity index (χ4n) is 4.14. The fourth-order valence-corrected chi connectivity index (χ4v) is 4.14.